The summed E-state index contributed by atoms with van der Waals surface area (Å²) in [6, 6.07) is 2.04. The Bertz CT molecular complexity index is 396. The fourth-order valence-corrected chi connectivity index (χ4v) is 2.53. The van der Waals surface area contributed by atoms with Crippen LogP contribution in [0.2, 0.25) is 0 Å². The van der Waals surface area contributed by atoms with E-state index in [4.69, 9.17) is 5.73 Å². The van der Waals surface area contributed by atoms with E-state index in [1.54, 1.807) is 0 Å². The largest absolute Gasteiger partial charge is 0.324 e. The lowest BCUT2D eigenvalue weighted by atomic mass is 9.87. The van der Waals surface area contributed by atoms with Crippen LogP contribution in [0.15, 0.2) is 16.6 Å². The Balaban J connectivity index is 3.01. The molecule has 0 aliphatic carbocycles. The van der Waals surface area contributed by atoms with E-state index in [9.17, 15) is 8.78 Å². The molecule has 2 atom stereocenters. The van der Waals surface area contributed by atoms with Gasteiger partial charge >= 0.3 is 0 Å². The lowest BCUT2D eigenvalue weighted by molar-refractivity contribution is 0.358. The summed E-state index contributed by atoms with van der Waals surface area (Å²) in [5, 5.41) is 0. The third-order valence-corrected chi connectivity index (χ3v) is 3.99. The van der Waals surface area contributed by atoms with Crippen LogP contribution in [0.3, 0.4) is 0 Å². The second-order valence-electron chi connectivity index (χ2n) is 4.59. The van der Waals surface area contributed by atoms with Crippen LogP contribution in [0, 0.1) is 17.6 Å². The molecule has 2 N–H and O–H groups in total. The quantitative estimate of drug-likeness (QED) is 0.738. The van der Waals surface area contributed by atoms with Crippen LogP contribution in [0.25, 0.3) is 0 Å². The lowest BCUT2D eigenvalue weighted by Gasteiger charge is -2.24. The lowest BCUT2D eigenvalue weighted by Crippen LogP contribution is -2.23. The molecule has 102 valence electrons. The fraction of sp³-hybridized carbons (Fsp3) is 0.571. The Labute approximate surface area is 116 Å². The summed E-state index contributed by atoms with van der Waals surface area (Å²) in [6.45, 7) is 4.10. The smallest absolute Gasteiger partial charge is 0.145 e. The number of benzene rings is 1. The van der Waals surface area contributed by atoms with Crippen LogP contribution in [0.4, 0.5) is 8.78 Å². The topological polar surface area (TPSA) is 26.0 Å². The van der Waals surface area contributed by atoms with E-state index in [1.165, 1.54) is 12.1 Å². The molecule has 2 unspecified atom stereocenters. The van der Waals surface area contributed by atoms with Crippen molar-refractivity contribution in [2.24, 2.45) is 11.7 Å². The number of hydrogen-bond acceptors (Lipinski definition) is 1. The monoisotopic (exact) mass is 319 g/mol. The van der Waals surface area contributed by atoms with Gasteiger partial charge in [0.1, 0.15) is 11.6 Å². The Morgan fingerprint density at radius 3 is 2.50 bits per heavy atom. The molecule has 1 aromatic rings. The minimum Gasteiger partial charge on any atom is -0.324 e. The summed E-state index contributed by atoms with van der Waals surface area (Å²) in [7, 11) is 0. The third kappa shape index (κ3) is 3.51. The summed E-state index contributed by atoms with van der Waals surface area (Å²) < 4.78 is 28.0. The number of hydrogen-bond donors (Lipinski definition) is 1. The van der Waals surface area contributed by atoms with Gasteiger partial charge in [-0.1, -0.05) is 33.1 Å². The first kappa shape index (κ1) is 15.6. The zero-order valence-electron chi connectivity index (χ0n) is 10.8. The van der Waals surface area contributed by atoms with Gasteiger partial charge in [-0.15, -0.1) is 0 Å². The second-order valence-corrected chi connectivity index (χ2v) is 5.45. The summed E-state index contributed by atoms with van der Waals surface area (Å²) in [4.78, 5) is 0. The Morgan fingerprint density at radius 2 is 1.94 bits per heavy atom. The predicted molar refractivity (Wildman–Crippen MR) is 74.3 cm³/mol. The van der Waals surface area contributed by atoms with E-state index in [2.05, 4.69) is 22.9 Å². The summed E-state index contributed by atoms with van der Waals surface area (Å²) in [5.74, 6) is -1.01. The van der Waals surface area contributed by atoms with E-state index < -0.39 is 17.7 Å². The molecule has 0 spiro atoms. The van der Waals surface area contributed by atoms with Gasteiger partial charge in [-0.3, -0.25) is 0 Å². The maximum absolute atomic E-state index is 14.0. The van der Waals surface area contributed by atoms with E-state index in [-0.39, 0.29) is 16.0 Å². The first-order valence-corrected chi connectivity index (χ1v) is 7.21. The highest BCUT2D eigenvalue weighted by Gasteiger charge is 2.24. The average Bonchev–Trinajstić information content (AvgIpc) is 2.35. The number of rotatable bonds is 6. The van der Waals surface area contributed by atoms with E-state index in [0.29, 0.717) is 0 Å². The van der Waals surface area contributed by atoms with Gasteiger partial charge in [0.15, 0.2) is 0 Å². The molecule has 0 amide bonds. The van der Waals surface area contributed by atoms with Crippen LogP contribution >= 0.6 is 15.9 Å². The van der Waals surface area contributed by atoms with Gasteiger partial charge in [0, 0.05) is 11.6 Å². The van der Waals surface area contributed by atoms with Crippen LogP contribution < -0.4 is 5.73 Å². The minimum atomic E-state index is -0.584. The van der Waals surface area contributed by atoms with Crippen LogP contribution in [0.5, 0.6) is 0 Å². The highest BCUT2D eigenvalue weighted by Crippen LogP contribution is 2.32. The average molecular weight is 320 g/mol. The standard InChI is InChI=1S/C14H20BrF2N/c1-3-5-6-9(4-2)14(18)12-11(16)8-7-10(15)13(12)17/h7-9,14H,3-6,18H2,1-2H3. The van der Waals surface area contributed by atoms with Crippen molar-refractivity contribution < 1.29 is 8.78 Å². The predicted octanol–water partition coefficient (Wildman–Crippen LogP) is 4.94. The molecule has 0 aliphatic heterocycles. The Morgan fingerprint density at radius 1 is 1.28 bits per heavy atom. The van der Waals surface area contributed by atoms with Crippen molar-refractivity contribution in [1.82, 2.24) is 0 Å². The van der Waals surface area contributed by atoms with E-state index in [0.717, 1.165) is 25.7 Å². The maximum atomic E-state index is 14.0. The van der Waals surface area contributed by atoms with Crippen molar-refractivity contribution >= 4 is 15.9 Å². The molecule has 0 aliphatic rings. The van der Waals surface area contributed by atoms with Crippen molar-refractivity contribution in [1.29, 1.82) is 0 Å². The van der Waals surface area contributed by atoms with Gasteiger partial charge in [0.25, 0.3) is 0 Å². The molecule has 0 aromatic heterocycles. The fourth-order valence-electron chi connectivity index (χ4n) is 2.19. The number of unbranched alkanes of at least 4 members (excludes halogenated alkanes) is 1. The van der Waals surface area contributed by atoms with Crippen molar-refractivity contribution in [2.75, 3.05) is 0 Å². The molecule has 0 fully saturated rings. The third-order valence-electron chi connectivity index (χ3n) is 3.37. The van der Waals surface area contributed by atoms with Gasteiger partial charge in [0.2, 0.25) is 0 Å². The molecule has 0 saturated carbocycles. The zero-order valence-corrected chi connectivity index (χ0v) is 12.4. The minimum absolute atomic E-state index is 0.00679. The highest BCUT2D eigenvalue weighted by molar-refractivity contribution is 9.10. The first-order valence-electron chi connectivity index (χ1n) is 6.41. The van der Waals surface area contributed by atoms with Crippen molar-refractivity contribution in [3.63, 3.8) is 0 Å². The summed E-state index contributed by atoms with van der Waals surface area (Å²) in [5.41, 5.74) is 6.07. The van der Waals surface area contributed by atoms with Gasteiger partial charge in [0.05, 0.1) is 4.47 Å². The van der Waals surface area contributed by atoms with Gasteiger partial charge in [-0.2, -0.15) is 0 Å². The Kier molecular flexibility index (Phi) is 6.22. The molecular weight excluding hydrogens is 300 g/mol. The van der Waals surface area contributed by atoms with Crippen molar-refractivity contribution in [3.8, 4) is 0 Å². The molecular formula is C14H20BrF2N. The molecule has 1 aromatic carbocycles. The maximum Gasteiger partial charge on any atom is 0.145 e. The van der Waals surface area contributed by atoms with E-state index >= 15 is 0 Å². The second kappa shape index (κ2) is 7.19. The van der Waals surface area contributed by atoms with Gasteiger partial charge in [-0.05, 0) is 40.4 Å². The summed E-state index contributed by atoms with van der Waals surface area (Å²) in [6.07, 6.45) is 3.82. The number of halogens is 3. The summed E-state index contributed by atoms with van der Waals surface area (Å²) >= 11 is 3.07. The highest BCUT2D eigenvalue weighted by atomic mass is 79.9. The molecule has 4 heteroatoms. The molecule has 0 saturated heterocycles. The van der Waals surface area contributed by atoms with Gasteiger partial charge < -0.3 is 5.73 Å². The zero-order chi connectivity index (χ0) is 13.7. The van der Waals surface area contributed by atoms with Crippen molar-refractivity contribution in [2.45, 2.75) is 45.6 Å². The van der Waals surface area contributed by atoms with E-state index in [1.807, 2.05) is 6.92 Å². The van der Waals surface area contributed by atoms with Crippen LogP contribution in [-0.4, -0.2) is 0 Å². The number of nitrogens with two attached hydrogens (primary N) is 1. The molecule has 1 rings (SSSR count). The van der Waals surface area contributed by atoms with Crippen LogP contribution in [0.1, 0.15) is 51.1 Å². The molecule has 0 radical (unpaired) electrons. The normalized spacial score (nSPS) is 14.6. The SMILES string of the molecule is CCCCC(CC)C(N)c1c(F)ccc(Br)c1F. The first-order chi connectivity index (χ1) is 8.52. The van der Waals surface area contributed by atoms with Gasteiger partial charge in [-0.25, -0.2) is 8.78 Å². The molecule has 1 nitrogen and oxygen atoms in total. The molecule has 0 heterocycles. The van der Waals surface area contributed by atoms with Crippen molar-refractivity contribution in [3.05, 3.63) is 33.8 Å². The molecule has 0 bridgehead atoms. The Hall–Kier alpha value is -0.480. The molecule has 18 heavy (non-hydrogen) atoms. The van der Waals surface area contributed by atoms with Crippen LogP contribution in [-0.2, 0) is 0 Å².